The van der Waals surface area contributed by atoms with E-state index < -0.39 is 0 Å². The Morgan fingerprint density at radius 2 is 1.79 bits per heavy atom. The van der Waals surface area contributed by atoms with Crippen molar-refractivity contribution in [1.82, 2.24) is 20.2 Å². The van der Waals surface area contributed by atoms with Gasteiger partial charge in [-0.25, -0.2) is 9.97 Å². The Morgan fingerprint density at radius 1 is 1.06 bits per heavy atom. The average Bonchev–Trinajstić information content (AvgIpc) is 2.88. The van der Waals surface area contributed by atoms with Crippen LogP contribution in [-0.4, -0.2) is 53.6 Å². The lowest BCUT2D eigenvalue weighted by Gasteiger charge is -2.17. The smallest absolute Gasteiger partial charge is 0.252 e. The minimum Gasteiger partial charge on any atom is -0.494 e. The fourth-order valence-electron chi connectivity index (χ4n) is 3.56. The molecule has 34 heavy (non-hydrogen) atoms. The molecule has 0 unspecified atom stereocenters. The number of nitriles is 1. The van der Waals surface area contributed by atoms with Gasteiger partial charge in [-0.05, 0) is 55.4 Å². The lowest BCUT2D eigenvalue weighted by Crippen LogP contribution is -2.25. The highest BCUT2D eigenvalue weighted by Gasteiger charge is 2.08. The summed E-state index contributed by atoms with van der Waals surface area (Å²) >= 11 is 0. The van der Waals surface area contributed by atoms with Crippen molar-refractivity contribution >= 4 is 5.91 Å². The van der Waals surface area contributed by atoms with E-state index in [-0.39, 0.29) is 12.5 Å². The van der Waals surface area contributed by atoms with Gasteiger partial charge in [0.25, 0.3) is 5.91 Å². The van der Waals surface area contributed by atoms with Crippen LogP contribution in [0.5, 0.6) is 5.75 Å². The molecule has 2 aromatic carbocycles. The van der Waals surface area contributed by atoms with E-state index in [1.807, 2.05) is 48.5 Å². The van der Waals surface area contributed by atoms with Gasteiger partial charge in [-0.3, -0.25) is 4.79 Å². The molecule has 1 amide bonds. The Bertz CT molecular complexity index is 1090. The van der Waals surface area contributed by atoms with Gasteiger partial charge in [0.2, 0.25) is 0 Å². The number of ether oxygens (including phenoxy) is 1. The zero-order valence-electron chi connectivity index (χ0n) is 19.8. The van der Waals surface area contributed by atoms with E-state index in [1.54, 1.807) is 18.3 Å². The van der Waals surface area contributed by atoms with Gasteiger partial charge >= 0.3 is 0 Å². The number of aromatic nitrogens is 2. The first-order valence-corrected chi connectivity index (χ1v) is 11.6. The van der Waals surface area contributed by atoms with Crippen molar-refractivity contribution in [3.63, 3.8) is 0 Å². The highest BCUT2D eigenvalue weighted by atomic mass is 16.5. The van der Waals surface area contributed by atoms with Crippen LogP contribution in [0, 0.1) is 11.3 Å². The predicted octanol–water partition coefficient (Wildman–Crippen LogP) is 4.10. The Balaban J connectivity index is 1.56. The molecule has 3 rings (SSSR count). The van der Waals surface area contributed by atoms with Gasteiger partial charge in [-0.1, -0.05) is 38.1 Å². The van der Waals surface area contributed by atoms with Crippen LogP contribution in [-0.2, 0) is 6.42 Å². The summed E-state index contributed by atoms with van der Waals surface area (Å²) in [6, 6.07) is 19.0. The molecule has 176 valence electrons. The Kier molecular flexibility index (Phi) is 9.56. The third kappa shape index (κ3) is 7.39. The molecule has 1 N–H and O–H groups in total. The zero-order chi connectivity index (χ0) is 24.2. The molecule has 1 heterocycles. The molecule has 0 saturated heterocycles. The summed E-state index contributed by atoms with van der Waals surface area (Å²) < 4.78 is 5.87. The highest BCUT2D eigenvalue weighted by Crippen LogP contribution is 2.19. The minimum atomic E-state index is -0.271. The number of hydrogen-bond acceptors (Lipinski definition) is 6. The van der Waals surface area contributed by atoms with Gasteiger partial charge in [0.15, 0.2) is 0 Å². The summed E-state index contributed by atoms with van der Waals surface area (Å²) in [6.45, 7) is 8.24. The van der Waals surface area contributed by atoms with Crippen LogP contribution in [0.15, 0.2) is 60.8 Å². The van der Waals surface area contributed by atoms with E-state index in [9.17, 15) is 4.79 Å². The van der Waals surface area contributed by atoms with E-state index in [1.165, 1.54) is 0 Å². The van der Waals surface area contributed by atoms with E-state index in [0.717, 1.165) is 54.4 Å². The number of hydrogen-bond donors (Lipinski definition) is 1. The summed E-state index contributed by atoms with van der Waals surface area (Å²) in [7, 11) is 0. The molecule has 0 aliphatic rings. The second kappa shape index (κ2) is 13.1. The van der Waals surface area contributed by atoms with Gasteiger partial charge in [-0.15, -0.1) is 0 Å². The molecule has 0 bridgehead atoms. The second-order valence-electron chi connectivity index (χ2n) is 7.83. The largest absolute Gasteiger partial charge is 0.494 e. The van der Waals surface area contributed by atoms with Crippen molar-refractivity contribution in [2.24, 2.45) is 0 Å². The molecule has 7 heteroatoms. The fourth-order valence-corrected chi connectivity index (χ4v) is 3.56. The first-order chi connectivity index (χ1) is 16.6. The molecular weight excluding hydrogens is 426 g/mol. The minimum absolute atomic E-state index is 0.0143. The first-order valence-electron chi connectivity index (χ1n) is 11.6. The fraction of sp³-hybridized carbons (Fsp3) is 0.333. The maximum Gasteiger partial charge on any atom is 0.252 e. The second-order valence-corrected chi connectivity index (χ2v) is 7.83. The van der Waals surface area contributed by atoms with Gasteiger partial charge < -0.3 is 15.0 Å². The van der Waals surface area contributed by atoms with Crippen molar-refractivity contribution in [2.75, 3.05) is 32.8 Å². The molecule has 7 nitrogen and oxygen atoms in total. The van der Waals surface area contributed by atoms with E-state index in [4.69, 9.17) is 10.00 Å². The maximum atomic E-state index is 12.0. The summed E-state index contributed by atoms with van der Waals surface area (Å²) in [5.41, 5.74) is 3.30. The van der Waals surface area contributed by atoms with Crippen LogP contribution in [0.2, 0.25) is 0 Å². The summed E-state index contributed by atoms with van der Waals surface area (Å²) in [4.78, 5) is 23.5. The van der Waals surface area contributed by atoms with E-state index in [2.05, 4.69) is 34.0 Å². The molecule has 0 radical (unpaired) electrons. The number of rotatable bonds is 12. The number of nitrogens with zero attached hydrogens (tertiary/aromatic N) is 4. The van der Waals surface area contributed by atoms with Crippen LogP contribution in [0.1, 0.15) is 42.0 Å². The van der Waals surface area contributed by atoms with Crippen LogP contribution < -0.4 is 10.1 Å². The predicted molar refractivity (Wildman–Crippen MR) is 133 cm³/mol. The van der Waals surface area contributed by atoms with Crippen LogP contribution in [0.3, 0.4) is 0 Å². The molecule has 0 saturated carbocycles. The van der Waals surface area contributed by atoms with Crippen molar-refractivity contribution in [2.45, 2.75) is 26.7 Å². The SMILES string of the molecule is CCN(CC)CCCOc1ccc(Cc2nccc(-c3ccc(C(=O)NCC#N)cc3)n2)cc1. The third-order valence-corrected chi connectivity index (χ3v) is 5.54. The van der Waals surface area contributed by atoms with Crippen molar-refractivity contribution in [1.29, 1.82) is 5.26 Å². The number of carbonyl (C=O) groups excluding carboxylic acids is 1. The summed E-state index contributed by atoms with van der Waals surface area (Å²) in [5, 5.41) is 11.1. The van der Waals surface area contributed by atoms with Crippen LogP contribution in [0.4, 0.5) is 0 Å². The maximum absolute atomic E-state index is 12.0. The quantitative estimate of drug-likeness (QED) is 0.325. The lowest BCUT2D eigenvalue weighted by atomic mass is 10.1. The molecule has 0 atom stereocenters. The van der Waals surface area contributed by atoms with Gasteiger partial charge in [0.1, 0.15) is 18.1 Å². The van der Waals surface area contributed by atoms with E-state index >= 15 is 0 Å². The summed E-state index contributed by atoms with van der Waals surface area (Å²) in [6.07, 6.45) is 3.37. The lowest BCUT2D eigenvalue weighted by molar-refractivity contribution is 0.0958. The highest BCUT2D eigenvalue weighted by molar-refractivity contribution is 5.94. The third-order valence-electron chi connectivity index (χ3n) is 5.54. The zero-order valence-corrected chi connectivity index (χ0v) is 19.8. The molecule has 1 aromatic heterocycles. The molecule has 0 spiro atoms. The van der Waals surface area contributed by atoms with Crippen molar-refractivity contribution < 1.29 is 9.53 Å². The van der Waals surface area contributed by atoms with Gasteiger partial charge in [0, 0.05) is 30.3 Å². The normalized spacial score (nSPS) is 10.6. The number of benzene rings is 2. The van der Waals surface area contributed by atoms with Crippen LogP contribution in [0.25, 0.3) is 11.3 Å². The summed E-state index contributed by atoms with van der Waals surface area (Å²) in [5.74, 6) is 1.32. The topological polar surface area (TPSA) is 91.1 Å². The van der Waals surface area contributed by atoms with Gasteiger partial charge in [0.05, 0.1) is 18.4 Å². The van der Waals surface area contributed by atoms with Crippen molar-refractivity contribution in [3.05, 3.63) is 77.7 Å². The van der Waals surface area contributed by atoms with E-state index in [0.29, 0.717) is 18.6 Å². The average molecular weight is 458 g/mol. The number of amides is 1. The number of nitrogens with one attached hydrogen (secondary N) is 1. The van der Waals surface area contributed by atoms with Crippen molar-refractivity contribution in [3.8, 4) is 23.1 Å². The Hall–Kier alpha value is -3.76. The Labute approximate surface area is 201 Å². The molecular formula is C27H31N5O2. The van der Waals surface area contributed by atoms with Crippen LogP contribution >= 0.6 is 0 Å². The molecule has 0 aliphatic heterocycles. The Morgan fingerprint density at radius 3 is 2.47 bits per heavy atom. The first kappa shape index (κ1) is 24.9. The standard InChI is InChI=1S/C27H31N5O2/c1-3-32(4-2)18-5-19-34-24-12-6-21(7-13-24)20-26-29-16-14-25(31-26)22-8-10-23(11-9-22)27(33)30-17-15-28/h6-14,16H,3-5,17-20H2,1-2H3,(H,30,33). The molecule has 3 aromatic rings. The number of carbonyl (C=O) groups is 1. The van der Waals surface area contributed by atoms with Gasteiger partial charge in [-0.2, -0.15) is 5.26 Å². The molecule has 0 aliphatic carbocycles. The molecule has 0 fully saturated rings. The monoisotopic (exact) mass is 457 g/mol.